The first-order chi connectivity index (χ1) is 17.8. The molecule has 1 aliphatic rings. The first-order valence-corrected chi connectivity index (χ1v) is 14.9. The summed E-state index contributed by atoms with van der Waals surface area (Å²) in [5.74, 6) is -0.177. The van der Waals surface area contributed by atoms with Gasteiger partial charge in [-0.25, -0.2) is 13.3 Å². The number of halogens is 3. The molecule has 3 atom stereocenters. The minimum atomic E-state index is -1.32. The molecule has 0 saturated carbocycles. The Labute approximate surface area is 238 Å². The number of nitrogens with two attached hydrogens (primary N) is 1. The third kappa shape index (κ3) is 7.92. The lowest BCUT2D eigenvalue weighted by molar-refractivity contribution is -0.132. The van der Waals surface area contributed by atoms with Gasteiger partial charge < -0.3 is 15.5 Å². The van der Waals surface area contributed by atoms with Crippen LogP contribution in [0.1, 0.15) is 58.2 Å². The number of piperazine rings is 1. The number of nitrogens with zero attached hydrogens (tertiary/aromatic N) is 2. The molecule has 3 rings (SSSR count). The number of para-hydroxylation sites is 1. The van der Waals surface area contributed by atoms with Crippen molar-refractivity contribution < 1.29 is 13.4 Å². The van der Waals surface area contributed by atoms with E-state index in [2.05, 4.69) is 18.6 Å². The van der Waals surface area contributed by atoms with E-state index in [0.717, 1.165) is 11.1 Å². The molecule has 0 bridgehead atoms. The molecule has 10 heteroatoms. The first kappa shape index (κ1) is 30.8. The fourth-order valence-corrected chi connectivity index (χ4v) is 5.88. The highest BCUT2D eigenvalue weighted by molar-refractivity contribution is 7.84. The summed E-state index contributed by atoms with van der Waals surface area (Å²) in [7, 11) is -1.32. The van der Waals surface area contributed by atoms with Crippen molar-refractivity contribution >= 4 is 45.8 Å². The van der Waals surface area contributed by atoms with Crippen LogP contribution in [0.3, 0.4) is 0 Å². The van der Waals surface area contributed by atoms with Crippen molar-refractivity contribution in [2.24, 2.45) is 11.7 Å². The molecule has 0 spiro atoms. The molecule has 1 heterocycles. The average Bonchev–Trinajstić information content (AvgIpc) is 2.84. The molecule has 6 nitrogen and oxygen atoms in total. The van der Waals surface area contributed by atoms with E-state index in [4.69, 9.17) is 28.9 Å². The van der Waals surface area contributed by atoms with Crippen LogP contribution >= 0.6 is 23.2 Å². The third-order valence-electron chi connectivity index (χ3n) is 6.59. The Hall–Kier alpha value is -1.71. The molecule has 0 unspecified atom stereocenters. The summed E-state index contributed by atoms with van der Waals surface area (Å²) in [6.07, 6.45) is 1.01. The van der Waals surface area contributed by atoms with Crippen LogP contribution in [0, 0.1) is 11.7 Å². The summed E-state index contributed by atoms with van der Waals surface area (Å²) in [6, 6.07) is 9.18. The Kier molecular flexibility index (Phi) is 10.6. The zero-order valence-electron chi connectivity index (χ0n) is 22.8. The monoisotopic (exact) mass is 584 g/mol. The highest BCUT2D eigenvalue weighted by Gasteiger charge is 2.31. The molecule has 1 saturated heterocycles. The van der Waals surface area contributed by atoms with Crippen LogP contribution < -0.4 is 15.4 Å². The van der Waals surface area contributed by atoms with E-state index in [1.54, 1.807) is 29.2 Å². The Morgan fingerprint density at radius 3 is 2.37 bits per heavy atom. The number of carbonyl (C=O) groups is 1. The second kappa shape index (κ2) is 13.1. The second-order valence-corrected chi connectivity index (χ2v) is 14.1. The topological polar surface area (TPSA) is 78.7 Å². The van der Waals surface area contributed by atoms with Gasteiger partial charge in [-0.1, -0.05) is 55.2 Å². The number of rotatable bonds is 9. The quantitative estimate of drug-likeness (QED) is 0.408. The van der Waals surface area contributed by atoms with E-state index in [1.807, 2.05) is 31.7 Å². The van der Waals surface area contributed by atoms with Gasteiger partial charge >= 0.3 is 0 Å². The maximum absolute atomic E-state index is 15.3. The normalized spacial score (nSPS) is 17.0. The summed E-state index contributed by atoms with van der Waals surface area (Å²) in [6.45, 7) is 11.7. The summed E-state index contributed by atoms with van der Waals surface area (Å²) >= 11 is 12.2. The van der Waals surface area contributed by atoms with E-state index in [1.165, 1.54) is 6.07 Å². The van der Waals surface area contributed by atoms with Crippen molar-refractivity contribution in [3.63, 3.8) is 0 Å². The van der Waals surface area contributed by atoms with Gasteiger partial charge in [0, 0.05) is 42.3 Å². The van der Waals surface area contributed by atoms with Crippen molar-refractivity contribution in [1.29, 1.82) is 0 Å². The largest absolute Gasteiger partial charge is 0.365 e. The van der Waals surface area contributed by atoms with Crippen LogP contribution in [0.2, 0.25) is 10.0 Å². The Morgan fingerprint density at radius 2 is 1.79 bits per heavy atom. The van der Waals surface area contributed by atoms with Crippen molar-refractivity contribution in [2.45, 2.75) is 64.3 Å². The molecule has 2 aromatic rings. The Morgan fingerprint density at radius 1 is 1.13 bits per heavy atom. The lowest BCUT2D eigenvalue weighted by Gasteiger charge is -2.39. The number of nitrogens with one attached hydrogen (secondary N) is 1. The van der Waals surface area contributed by atoms with Crippen LogP contribution in [0.5, 0.6) is 0 Å². The van der Waals surface area contributed by atoms with Gasteiger partial charge in [0.1, 0.15) is 5.82 Å². The van der Waals surface area contributed by atoms with Gasteiger partial charge in [0.05, 0.1) is 27.5 Å². The van der Waals surface area contributed by atoms with Gasteiger partial charge in [0.25, 0.3) is 0 Å². The lowest BCUT2D eigenvalue weighted by Crippen LogP contribution is -2.54. The molecule has 0 aromatic heterocycles. The molecule has 0 aliphatic carbocycles. The molecule has 1 amide bonds. The minimum Gasteiger partial charge on any atom is -0.365 e. The third-order valence-corrected chi connectivity index (χ3v) is 8.78. The number of benzene rings is 2. The van der Waals surface area contributed by atoms with Gasteiger partial charge in [-0.15, -0.1) is 0 Å². The minimum absolute atomic E-state index is 0.163. The van der Waals surface area contributed by atoms with E-state index in [-0.39, 0.29) is 17.8 Å². The van der Waals surface area contributed by atoms with Crippen molar-refractivity contribution in [2.75, 3.05) is 31.1 Å². The fourth-order valence-electron chi connectivity index (χ4n) is 4.56. The van der Waals surface area contributed by atoms with Crippen molar-refractivity contribution in [3.05, 3.63) is 63.4 Å². The fraction of sp³-hybridized carbons (Fsp3) is 0.536. The molecule has 210 valence electrons. The van der Waals surface area contributed by atoms with E-state index < -0.39 is 21.8 Å². The number of anilines is 1. The van der Waals surface area contributed by atoms with Gasteiger partial charge in [-0.2, -0.15) is 0 Å². The standard InChI is InChI=1S/C28H39Cl2FN4O2S/c1-18(2)15-25(33-38(37)28(3,4)5)21-7-6-8-23(31)26(21)34-11-13-35(14-12-34)27(36)24(32)16-19-9-10-20(29)17-22(19)30/h6-10,17-18,24-25,33H,11-16,32H2,1-5H3/t24-,25+,38+/m1/s1. The molecule has 1 fully saturated rings. The molecule has 0 radical (unpaired) electrons. The highest BCUT2D eigenvalue weighted by atomic mass is 35.5. The number of amides is 1. The van der Waals surface area contributed by atoms with Crippen molar-refractivity contribution in [1.82, 2.24) is 9.62 Å². The second-order valence-electron chi connectivity index (χ2n) is 11.2. The van der Waals surface area contributed by atoms with Crippen molar-refractivity contribution in [3.8, 4) is 0 Å². The average molecular weight is 586 g/mol. The Bertz CT molecular complexity index is 1150. The van der Waals surface area contributed by atoms with Crippen LogP contribution in [0.4, 0.5) is 10.1 Å². The zero-order valence-corrected chi connectivity index (χ0v) is 25.1. The van der Waals surface area contributed by atoms with Gasteiger partial charge in [0.2, 0.25) is 5.91 Å². The molecule has 38 heavy (non-hydrogen) atoms. The number of hydrogen-bond acceptors (Lipinski definition) is 4. The van der Waals surface area contributed by atoms with Gasteiger partial charge in [0.15, 0.2) is 0 Å². The molecule has 3 N–H and O–H groups in total. The van der Waals surface area contributed by atoms with Crippen LogP contribution in [-0.4, -0.2) is 52.0 Å². The summed E-state index contributed by atoms with van der Waals surface area (Å²) in [5.41, 5.74) is 8.30. The van der Waals surface area contributed by atoms with E-state index >= 15 is 4.39 Å². The SMILES string of the molecule is CC(C)C[C@H](N[S@@](=O)C(C)(C)C)c1cccc(F)c1N1CCN(C(=O)[C@H](N)Cc2ccc(Cl)cc2Cl)CC1. The van der Waals surface area contributed by atoms with Crippen LogP contribution in [0.25, 0.3) is 0 Å². The molecular weight excluding hydrogens is 546 g/mol. The van der Waals surface area contributed by atoms with Gasteiger partial charge in [-0.05, 0) is 68.9 Å². The lowest BCUT2D eigenvalue weighted by atomic mass is 9.95. The van der Waals surface area contributed by atoms with Crippen LogP contribution in [0.15, 0.2) is 36.4 Å². The highest BCUT2D eigenvalue weighted by Crippen LogP contribution is 2.34. The maximum Gasteiger partial charge on any atom is 0.239 e. The summed E-state index contributed by atoms with van der Waals surface area (Å²) < 4.78 is 31.1. The first-order valence-electron chi connectivity index (χ1n) is 13.0. The summed E-state index contributed by atoms with van der Waals surface area (Å²) in [5, 5.41) is 1.01. The van der Waals surface area contributed by atoms with E-state index in [0.29, 0.717) is 60.7 Å². The van der Waals surface area contributed by atoms with Crippen LogP contribution in [-0.2, 0) is 22.2 Å². The molecular formula is C28H39Cl2FN4O2S. The number of hydrogen-bond donors (Lipinski definition) is 2. The van der Waals surface area contributed by atoms with Gasteiger partial charge in [-0.3, -0.25) is 4.79 Å². The zero-order chi connectivity index (χ0) is 28.2. The maximum atomic E-state index is 15.3. The Balaban J connectivity index is 1.74. The summed E-state index contributed by atoms with van der Waals surface area (Å²) in [4.78, 5) is 16.8. The number of carbonyl (C=O) groups excluding carboxylic acids is 1. The predicted octanol–water partition coefficient (Wildman–Crippen LogP) is 5.49. The predicted molar refractivity (Wildman–Crippen MR) is 157 cm³/mol. The molecule has 2 aromatic carbocycles. The van der Waals surface area contributed by atoms with E-state index in [9.17, 15) is 9.00 Å². The smallest absolute Gasteiger partial charge is 0.239 e. The molecule has 1 aliphatic heterocycles.